The number of para-hydroxylation sites is 1. The van der Waals surface area contributed by atoms with Crippen LogP contribution < -0.4 is 10.6 Å². The number of H-pyrrole nitrogens is 1. The highest BCUT2D eigenvalue weighted by Crippen LogP contribution is 2.28. The number of halogens is 1. The lowest BCUT2D eigenvalue weighted by atomic mass is 10.1. The van der Waals surface area contributed by atoms with E-state index in [1.807, 2.05) is 18.3 Å². The number of pyridine rings is 1. The molecule has 0 saturated heterocycles. The van der Waals surface area contributed by atoms with Gasteiger partial charge >= 0.3 is 0 Å². The van der Waals surface area contributed by atoms with Gasteiger partial charge in [0.25, 0.3) is 0 Å². The summed E-state index contributed by atoms with van der Waals surface area (Å²) in [4.78, 5) is 30.1. The molecule has 0 saturated carbocycles. The van der Waals surface area contributed by atoms with E-state index in [4.69, 9.17) is 11.6 Å². The number of carbonyl (C=O) groups is 1. The molecule has 4 N–H and O–H groups in total. The maximum Gasteiger partial charge on any atom is 0.229 e. The Morgan fingerprint density at radius 3 is 2.77 bits per heavy atom. The number of aliphatic hydroxyl groups is 1. The Kier molecular flexibility index (Phi) is 5.81. The first-order valence-electron chi connectivity index (χ1n) is 9.40. The Bertz CT molecular complexity index is 1240. The molecule has 31 heavy (non-hydrogen) atoms. The largest absolute Gasteiger partial charge is 0.371 e. The van der Waals surface area contributed by atoms with Gasteiger partial charge in [-0.3, -0.25) is 9.69 Å². The van der Waals surface area contributed by atoms with Crippen LogP contribution in [-0.2, 0) is 0 Å². The first kappa shape index (κ1) is 20.7. The summed E-state index contributed by atoms with van der Waals surface area (Å²) in [5.41, 5.74) is 2.28. The molecular formula is C21H20ClN7O2. The highest BCUT2D eigenvalue weighted by molar-refractivity contribution is 6.33. The number of aliphatic hydroxyl groups excluding tert-OH is 1. The monoisotopic (exact) mass is 437 g/mol. The zero-order chi connectivity index (χ0) is 22.0. The lowest BCUT2D eigenvalue weighted by Gasteiger charge is -2.19. The Balaban J connectivity index is 1.60. The summed E-state index contributed by atoms with van der Waals surface area (Å²) >= 11 is 6.28. The molecule has 10 heteroatoms. The van der Waals surface area contributed by atoms with Crippen LogP contribution in [0.1, 0.15) is 10.4 Å². The fourth-order valence-electron chi connectivity index (χ4n) is 2.96. The van der Waals surface area contributed by atoms with Crippen LogP contribution in [0.25, 0.3) is 11.0 Å². The molecular weight excluding hydrogens is 418 g/mol. The van der Waals surface area contributed by atoms with Gasteiger partial charge in [-0.05, 0) is 38.4 Å². The Morgan fingerprint density at radius 1 is 1.16 bits per heavy atom. The second-order valence-electron chi connectivity index (χ2n) is 7.03. The molecule has 0 aliphatic rings. The van der Waals surface area contributed by atoms with Gasteiger partial charge in [0.1, 0.15) is 10.7 Å². The number of ketones is 1. The maximum atomic E-state index is 12.7. The van der Waals surface area contributed by atoms with E-state index in [1.54, 1.807) is 44.6 Å². The molecule has 4 rings (SSSR count). The van der Waals surface area contributed by atoms with Crippen molar-refractivity contribution < 1.29 is 9.90 Å². The number of hydrogen-bond acceptors (Lipinski definition) is 8. The molecule has 3 aromatic heterocycles. The number of aromatic nitrogens is 4. The van der Waals surface area contributed by atoms with Crippen LogP contribution in [0.4, 0.5) is 23.1 Å². The predicted molar refractivity (Wildman–Crippen MR) is 120 cm³/mol. The number of carbonyl (C=O) groups excluding carboxylic acids is 1. The molecule has 158 valence electrons. The van der Waals surface area contributed by atoms with Crippen molar-refractivity contribution in [2.75, 3.05) is 24.7 Å². The normalized spacial score (nSPS) is 12.2. The van der Waals surface area contributed by atoms with Gasteiger partial charge < -0.3 is 20.7 Å². The molecule has 1 aromatic carbocycles. The van der Waals surface area contributed by atoms with E-state index in [-0.39, 0.29) is 5.02 Å². The summed E-state index contributed by atoms with van der Waals surface area (Å²) in [6, 6.07) is 10.7. The number of likely N-dealkylation sites (N-methyl/N-ethyl adjacent to an activating group) is 1. The average molecular weight is 438 g/mol. The van der Waals surface area contributed by atoms with Crippen molar-refractivity contribution in [3.8, 4) is 0 Å². The van der Waals surface area contributed by atoms with Crippen LogP contribution >= 0.6 is 11.6 Å². The number of nitrogens with zero attached hydrogens (tertiary/aromatic N) is 4. The quantitative estimate of drug-likeness (QED) is 0.256. The number of anilines is 4. The highest BCUT2D eigenvalue weighted by atomic mass is 35.5. The van der Waals surface area contributed by atoms with E-state index in [2.05, 4.69) is 30.6 Å². The van der Waals surface area contributed by atoms with E-state index in [9.17, 15) is 9.90 Å². The molecule has 1 unspecified atom stereocenters. The van der Waals surface area contributed by atoms with Crippen molar-refractivity contribution in [2.45, 2.75) is 6.23 Å². The van der Waals surface area contributed by atoms with Gasteiger partial charge in [-0.2, -0.15) is 4.98 Å². The van der Waals surface area contributed by atoms with Crippen molar-refractivity contribution in [1.29, 1.82) is 0 Å². The smallest absolute Gasteiger partial charge is 0.229 e. The van der Waals surface area contributed by atoms with Gasteiger partial charge in [0.05, 0.1) is 23.8 Å². The van der Waals surface area contributed by atoms with Crippen LogP contribution in [0.15, 0.2) is 55.0 Å². The zero-order valence-corrected chi connectivity index (χ0v) is 17.6. The minimum absolute atomic E-state index is 0.278. The van der Waals surface area contributed by atoms with Crippen molar-refractivity contribution in [1.82, 2.24) is 24.8 Å². The third-order valence-corrected chi connectivity index (χ3v) is 4.85. The van der Waals surface area contributed by atoms with Crippen molar-refractivity contribution in [3.63, 3.8) is 0 Å². The van der Waals surface area contributed by atoms with Gasteiger partial charge in [-0.1, -0.05) is 23.7 Å². The molecule has 0 radical (unpaired) electrons. The van der Waals surface area contributed by atoms with Gasteiger partial charge in [0.15, 0.2) is 12.0 Å². The maximum absolute atomic E-state index is 12.7. The SMILES string of the molecule is CN(C)C(O)C(=O)c1ccccc1Nc1nc(Nc2cnc3[nH]ccc3c2)ncc1Cl. The number of benzene rings is 1. The first-order valence-corrected chi connectivity index (χ1v) is 9.77. The minimum atomic E-state index is -1.27. The van der Waals surface area contributed by atoms with E-state index in [0.717, 1.165) is 11.0 Å². The number of nitrogens with one attached hydrogen (secondary N) is 3. The fraction of sp³-hybridized carbons (Fsp3) is 0.143. The van der Waals surface area contributed by atoms with E-state index in [1.165, 1.54) is 11.1 Å². The second kappa shape index (κ2) is 8.68. The van der Waals surface area contributed by atoms with Crippen molar-refractivity contribution >= 4 is 51.6 Å². The summed E-state index contributed by atoms with van der Waals surface area (Å²) in [6.45, 7) is 0. The molecule has 3 heterocycles. The van der Waals surface area contributed by atoms with Crippen LogP contribution in [0.5, 0.6) is 0 Å². The van der Waals surface area contributed by atoms with Crippen LogP contribution in [-0.4, -0.2) is 56.0 Å². The van der Waals surface area contributed by atoms with E-state index in [0.29, 0.717) is 28.7 Å². The second-order valence-corrected chi connectivity index (χ2v) is 7.43. The number of fused-ring (bicyclic) bond motifs is 1. The third-order valence-electron chi connectivity index (χ3n) is 4.57. The van der Waals surface area contributed by atoms with Crippen LogP contribution in [0.3, 0.4) is 0 Å². The number of aromatic amines is 1. The standard InChI is InChI=1S/C21H20ClN7O2/c1-29(2)20(31)17(30)14-5-3-4-6-16(14)27-19-15(22)11-25-21(28-19)26-13-9-12-7-8-23-18(12)24-10-13/h3-11,20,31H,1-2H3,(H,23,24)(H2,25,26,27,28). The number of hydrogen-bond donors (Lipinski definition) is 4. The predicted octanol–water partition coefficient (Wildman–Crippen LogP) is 3.56. The molecule has 0 bridgehead atoms. The van der Waals surface area contributed by atoms with Gasteiger partial charge in [0.2, 0.25) is 11.7 Å². The van der Waals surface area contributed by atoms with Crippen molar-refractivity contribution in [2.24, 2.45) is 0 Å². The van der Waals surface area contributed by atoms with Gasteiger partial charge in [-0.15, -0.1) is 0 Å². The molecule has 0 spiro atoms. The third kappa shape index (κ3) is 4.48. The number of rotatable bonds is 7. The van der Waals surface area contributed by atoms with Crippen LogP contribution in [0.2, 0.25) is 5.02 Å². The number of Topliss-reactive ketones (excluding diaryl/α,β-unsaturated/α-hetero) is 1. The fourth-order valence-corrected chi connectivity index (χ4v) is 3.10. The molecule has 9 nitrogen and oxygen atoms in total. The summed E-state index contributed by atoms with van der Waals surface area (Å²) < 4.78 is 0. The molecule has 4 aromatic rings. The van der Waals surface area contributed by atoms with Gasteiger partial charge in [0, 0.05) is 17.1 Å². The summed E-state index contributed by atoms with van der Waals surface area (Å²) in [6.07, 6.45) is 3.67. The van der Waals surface area contributed by atoms with E-state index < -0.39 is 12.0 Å². The van der Waals surface area contributed by atoms with Gasteiger partial charge in [-0.25, -0.2) is 9.97 Å². The van der Waals surface area contributed by atoms with Crippen molar-refractivity contribution in [3.05, 3.63) is 65.6 Å². The Morgan fingerprint density at radius 2 is 1.97 bits per heavy atom. The summed E-state index contributed by atoms with van der Waals surface area (Å²) in [5.74, 6) is 0.178. The lowest BCUT2D eigenvalue weighted by Crippen LogP contribution is -2.35. The minimum Gasteiger partial charge on any atom is -0.371 e. The topological polar surface area (TPSA) is 119 Å². The first-order chi connectivity index (χ1) is 14.9. The molecule has 0 aliphatic heterocycles. The van der Waals surface area contributed by atoms with E-state index >= 15 is 0 Å². The molecule has 0 aliphatic carbocycles. The highest BCUT2D eigenvalue weighted by Gasteiger charge is 2.22. The lowest BCUT2D eigenvalue weighted by molar-refractivity contribution is 0.0331. The molecule has 1 atom stereocenters. The Labute approximate surface area is 183 Å². The summed E-state index contributed by atoms with van der Waals surface area (Å²) in [5, 5.41) is 17.5. The Hall–Kier alpha value is -3.53. The molecule has 0 amide bonds. The van der Waals surface area contributed by atoms with Crippen LogP contribution in [0, 0.1) is 0 Å². The zero-order valence-electron chi connectivity index (χ0n) is 16.8. The average Bonchev–Trinajstić information content (AvgIpc) is 3.23. The summed E-state index contributed by atoms with van der Waals surface area (Å²) in [7, 11) is 3.25. The molecule has 0 fully saturated rings.